The molecule has 1 aliphatic heterocycles. The van der Waals surface area contributed by atoms with Crippen molar-refractivity contribution < 1.29 is 13.6 Å². The number of fused-ring (bicyclic) bond motifs is 1. The number of carbonyl (C=O) groups is 1. The van der Waals surface area contributed by atoms with E-state index in [4.69, 9.17) is 4.42 Å². The van der Waals surface area contributed by atoms with Crippen LogP contribution in [0.1, 0.15) is 26.2 Å². The van der Waals surface area contributed by atoms with Crippen LogP contribution in [0.15, 0.2) is 35.0 Å². The van der Waals surface area contributed by atoms with E-state index < -0.39 is 6.17 Å². The number of hydrogen-bond acceptors (Lipinski definition) is 6. The maximum Gasteiger partial charge on any atom is 0.323 e. The van der Waals surface area contributed by atoms with E-state index in [0.29, 0.717) is 41.6 Å². The van der Waals surface area contributed by atoms with Crippen LogP contribution in [-0.4, -0.2) is 57.2 Å². The van der Waals surface area contributed by atoms with Crippen LogP contribution in [0.3, 0.4) is 0 Å². The molecule has 158 valence electrons. The van der Waals surface area contributed by atoms with E-state index in [1.165, 1.54) is 4.90 Å². The van der Waals surface area contributed by atoms with Gasteiger partial charge in [0.2, 0.25) is 0 Å². The number of aryl methyl sites for hydroxylation is 1. The van der Waals surface area contributed by atoms with Gasteiger partial charge in [0.15, 0.2) is 11.7 Å². The summed E-state index contributed by atoms with van der Waals surface area (Å²) in [6, 6.07) is 5.02. The van der Waals surface area contributed by atoms with Gasteiger partial charge in [-0.1, -0.05) is 13.8 Å². The number of pyridine rings is 2. The largest absolute Gasteiger partial charge is 0.439 e. The maximum atomic E-state index is 14.4. The molecule has 3 aromatic rings. The summed E-state index contributed by atoms with van der Waals surface area (Å²) < 4.78 is 20.0. The van der Waals surface area contributed by atoms with Crippen LogP contribution in [0, 0.1) is 6.92 Å². The number of nitrogens with one attached hydrogen (secondary N) is 2. The molecule has 2 N–H and O–H groups in total. The summed E-state index contributed by atoms with van der Waals surface area (Å²) in [5.74, 6) is 1.50. The molecule has 4 rings (SSSR count). The SMILES string of the molecule is Cc1ncc(-c2ccc3cnc(NC(=O)N4CC[C@H](NC(C)C)[C@@H](F)C4)cc3n2)o1. The van der Waals surface area contributed by atoms with E-state index in [1.54, 1.807) is 25.4 Å². The number of halogens is 1. The average molecular weight is 412 g/mol. The zero-order valence-electron chi connectivity index (χ0n) is 17.2. The number of piperidine rings is 1. The van der Waals surface area contributed by atoms with Crippen LogP contribution < -0.4 is 10.6 Å². The van der Waals surface area contributed by atoms with Crippen LogP contribution in [0.5, 0.6) is 0 Å². The van der Waals surface area contributed by atoms with Gasteiger partial charge in [0.25, 0.3) is 0 Å². The Morgan fingerprint density at radius 1 is 1.30 bits per heavy atom. The van der Waals surface area contributed by atoms with Crippen LogP contribution in [0.4, 0.5) is 15.0 Å². The highest BCUT2D eigenvalue weighted by Crippen LogP contribution is 2.23. The van der Waals surface area contributed by atoms with Crippen molar-refractivity contribution in [1.29, 1.82) is 0 Å². The standard InChI is InChI=1S/C21H25FN6O2/c1-12(2)25-16-6-7-28(11-15(16)22)21(29)27-20-8-18-14(9-24-20)4-5-17(26-18)19-10-23-13(3)30-19/h4-5,8-10,12,15-16,25H,6-7,11H2,1-3H3,(H,24,27,29)/t15-,16-/m0/s1. The van der Waals surface area contributed by atoms with Crippen molar-refractivity contribution in [2.24, 2.45) is 0 Å². The zero-order valence-corrected chi connectivity index (χ0v) is 17.2. The average Bonchev–Trinajstić information content (AvgIpc) is 3.15. The van der Waals surface area contributed by atoms with Gasteiger partial charge in [0.05, 0.1) is 18.3 Å². The number of hydrogen-bond donors (Lipinski definition) is 2. The molecule has 4 heterocycles. The van der Waals surface area contributed by atoms with E-state index in [2.05, 4.69) is 25.6 Å². The number of likely N-dealkylation sites (tertiary alicyclic amines) is 1. The highest BCUT2D eigenvalue weighted by Gasteiger charge is 2.31. The molecular weight excluding hydrogens is 387 g/mol. The van der Waals surface area contributed by atoms with E-state index in [-0.39, 0.29) is 24.7 Å². The lowest BCUT2D eigenvalue weighted by Gasteiger charge is -2.35. The number of aromatic nitrogens is 3. The molecule has 0 spiro atoms. The molecule has 0 aromatic carbocycles. The quantitative estimate of drug-likeness (QED) is 0.681. The number of alkyl halides is 1. The normalized spacial score (nSPS) is 19.4. The van der Waals surface area contributed by atoms with E-state index >= 15 is 0 Å². The van der Waals surface area contributed by atoms with Crippen molar-refractivity contribution in [2.75, 3.05) is 18.4 Å². The highest BCUT2D eigenvalue weighted by atomic mass is 19.1. The molecule has 0 radical (unpaired) electrons. The lowest BCUT2D eigenvalue weighted by atomic mass is 10.0. The fraction of sp³-hybridized carbons (Fsp3) is 0.429. The first-order valence-electron chi connectivity index (χ1n) is 10.0. The predicted molar refractivity (Wildman–Crippen MR) is 112 cm³/mol. The Bertz CT molecular complexity index is 1050. The molecular formula is C21H25FN6O2. The Kier molecular flexibility index (Phi) is 5.63. The Balaban J connectivity index is 1.46. The van der Waals surface area contributed by atoms with Crippen molar-refractivity contribution >= 4 is 22.8 Å². The van der Waals surface area contributed by atoms with Crippen molar-refractivity contribution in [3.05, 3.63) is 36.5 Å². The molecule has 1 fully saturated rings. The number of urea groups is 1. The fourth-order valence-electron chi connectivity index (χ4n) is 3.60. The summed E-state index contributed by atoms with van der Waals surface area (Å²) in [6.45, 7) is 6.28. The molecule has 0 saturated carbocycles. The number of nitrogens with zero attached hydrogens (tertiary/aromatic N) is 4. The maximum absolute atomic E-state index is 14.4. The molecule has 1 aliphatic rings. The number of oxazole rings is 1. The molecule has 0 unspecified atom stereocenters. The topological polar surface area (TPSA) is 96.2 Å². The van der Waals surface area contributed by atoms with Crippen LogP contribution in [0.25, 0.3) is 22.4 Å². The molecule has 2 amide bonds. The van der Waals surface area contributed by atoms with Crippen LogP contribution in [-0.2, 0) is 0 Å². The highest BCUT2D eigenvalue weighted by molar-refractivity contribution is 5.91. The predicted octanol–water partition coefficient (Wildman–Crippen LogP) is 3.54. The number of carbonyl (C=O) groups excluding carboxylic acids is 1. The Morgan fingerprint density at radius 3 is 2.83 bits per heavy atom. The third-order valence-corrected chi connectivity index (χ3v) is 5.06. The molecule has 9 heteroatoms. The lowest BCUT2D eigenvalue weighted by molar-refractivity contribution is 0.119. The van der Waals surface area contributed by atoms with Crippen LogP contribution >= 0.6 is 0 Å². The molecule has 8 nitrogen and oxygen atoms in total. The van der Waals surface area contributed by atoms with Crippen molar-refractivity contribution in [2.45, 2.75) is 45.4 Å². The summed E-state index contributed by atoms with van der Waals surface area (Å²) in [5.41, 5.74) is 1.31. The summed E-state index contributed by atoms with van der Waals surface area (Å²) in [4.78, 5) is 27.1. The minimum atomic E-state index is -1.11. The Morgan fingerprint density at radius 2 is 2.13 bits per heavy atom. The molecule has 30 heavy (non-hydrogen) atoms. The second kappa shape index (κ2) is 8.35. The fourth-order valence-corrected chi connectivity index (χ4v) is 3.60. The van der Waals surface area contributed by atoms with Crippen molar-refractivity contribution in [3.8, 4) is 11.5 Å². The third-order valence-electron chi connectivity index (χ3n) is 5.06. The molecule has 1 saturated heterocycles. The van der Waals surface area contributed by atoms with Crippen LogP contribution in [0.2, 0.25) is 0 Å². The molecule has 3 aromatic heterocycles. The van der Waals surface area contributed by atoms with Gasteiger partial charge in [-0.25, -0.2) is 24.1 Å². The van der Waals surface area contributed by atoms with Gasteiger partial charge in [0, 0.05) is 43.2 Å². The molecule has 0 aliphatic carbocycles. The smallest absolute Gasteiger partial charge is 0.323 e. The van der Waals surface area contributed by atoms with Gasteiger partial charge >= 0.3 is 6.03 Å². The van der Waals surface area contributed by atoms with Gasteiger partial charge in [-0.2, -0.15) is 0 Å². The molecule has 0 bridgehead atoms. The van der Waals surface area contributed by atoms with Gasteiger partial charge in [-0.3, -0.25) is 5.32 Å². The second-order valence-electron chi connectivity index (χ2n) is 7.81. The zero-order chi connectivity index (χ0) is 21.3. The number of amides is 2. The van der Waals surface area contributed by atoms with Gasteiger partial charge in [-0.05, 0) is 18.6 Å². The summed E-state index contributed by atoms with van der Waals surface area (Å²) in [7, 11) is 0. The minimum Gasteiger partial charge on any atom is -0.439 e. The minimum absolute atomic E-state index is 0.0526. The lowest BCUT2D eigenvalue weighted by Crippen LogP contribution is -2.54. The number of anilines is 1. The molecule has 2 atom stereocenters. The third kappa shape index (κ3) is 4.40. The monoisotopic (exact) mass is 412 g/mol. The van der Waals surface area contributed by atoms with E-state index in [1.807, 2.05) is 26.0 Å². The van der Waals surface area contributed by atoms with Crippen molar-refractivity contribution in [1.82, 2.24) is 25.2 Å². The first kappa shape index (κ1) is 20.2. The summed E-state index contributed by atoms with van der Waals surface area (Å²) in [5, 5.41) is 6.80. The van der Waals surface area contributed by atoms with Gasteiger partial charge in [0.1, 0.15) is 17.7 Å². The number of rotatable bonds is 4. The Hall–Kier alpha value is -3.07. The second-order valence-corrected chi connectivity index (χ2v) is 7.81. The first-order valence-corrected chi connectivity index (χ1v) is 10.0. The van der Waals surface area contributed by atoms with Gasteiger partial charge < -0.3 is 14.6 Å². The van der Waals surface area contributed by atoms with Crippen molar-refractivity contribution in [3.63, 3.8) is 0 Å². The van der Waals surface area contributed by atoms with E-state index in [9.17, 15) is 9.18 Å². The first-order chi connectivity index (χ1) is 14.4. The summed E-state index contributed by atoms with van der Waals surface area (Å²) in [6.07, 6.45) is 2.73. The summed E-state index contributed by atoms with van der Waals surface area (Å²) >= 11 is 0. The Labute approximate surface area is 173 Å². The van der Waals surface area contributed by atoms with E-state index in [0.717, 1.165) is 5.39 Å². The van der Waals surface area contributed by atoms with Gasteiger partial charge in [-0.15, -0.1) is 0 Å².